The molecule has 2 aromatic carbocycles. The van der Waals surface area contributed by atoms with Gasteiger partial charge in [-0.1, -0.05) is 41.4 Å². The summed E-state index contributed by atoms with van der Waals surface area (Å²) in [6.45, 7) is 6.51. The summed E-state index contributed by atoms with van der Waals surface area (Å²) in [7, 11) is 0. The fourth-order valence-electron chi connectivity index (χ4n) is 3.85. The minimum absolute atomic E-state index is 0.0658. The van der Waals surface area contributed by atoms with Gasteiger partial charge < -0.3 is 9.80 Å². The molecule has 31 heavy (non-hydrogen) atoms. The van der Waals surface area contributed by atoms with Gasteiger partial charge in [-0.2, -0.15) is 5.10 Å². The minimum atomic E-state index is -0.280. The molecule has 0 spiro atoms. The van der Waals surface area contributed by atoms with Gasteiger partial charge in [0, 0.05) is 37.8 Å². The first kappa shape index (κ1) is 21.1. The SMILES string of the molecule is Cc1ccc(C)c(-c2ccc(=O)n(CC(=O)N3CCN(c4ccccc4Cl)CC3)n2)c1. The van der Waals surface area contributed by atoms with Crippen molar-refractivity contribution in [3.8, 4) is 11.3 Å². The summed E-state index contributed by atoms with van der Waals surface area (Å²) in [5.74, 6) is -0.105. The second kappa shape index (κ2) is 8.94. The predicted octanol–water partition coefficient (Wildman–Crippen LogP) is 3.53. The maximum atomic E-state index is 12.9. The molecule has 0 radical (unpaired) electrons. The summed E-state index contributed by atoms with van der Waals surface area (Å²) in [4.78, 5) is 29.2. The fraction of sp³-hybridized carbons (Fsp3) is 0.292. The molecule has 1 amide bonds. The van der Waals surface area contributed by atoms with Gasteiger partial charge in [-0.25, -0.2) is 4.68 Å². The number of aryl methyl sites for hydroxylation is 2. The zero-order valence-electron chi connectivity index (χ0n) is 17.7. The molecular formula is C24H25ClN4O2. The van der Waals surface area contributed by atoms with E-state index < -0.39 is 0 Å². The Labute approximate surface area is 186 Å². The molecule has 0 atom stereocenters. The highest BCUT2D eigenvalue weighted by molar-refractivity contribution is 6.33. The molecule has 0 unspecified atom stereocenters. The molecule has 1 fully saturated rings. The average Bonchev–Trinajstić information content (AvgIpc) is 2.77. The largest absolute Gasteiger partial charge is 0.367 e. The van der Waals surface area contributed by atoms with Crippen molar-refractivity contribution in [1.82, 2.24) is 14.7 Å². The Hall–Kier alpha value is -3.12. The minimum Gasteiger partial charge on any atom is -0.367 e. The molecule has 0 saturated carbocycles. The number of rotatable bonds is 4. The number of carbonyl (C=O) groups excluding carboxylic acids is 1. The maximum absolute atomic E-state index is 12.9. The number of para-hydroxylation sites is 1. The molecule has 3 aromatic rings. The van der Waals surface area contributed by atoms with Crippen LogP contribution in [0.4, 0.5) is 5.69 Å². The van der Waals surface area contributed by atoms with Crippen LogP contribution in [0.15, 0.2) is 59.4 Å². The van der Waals surface area contributed by atoms with E-state index in [1.54, 1.807) is 11.0 Å². The topological polar surface area (TPSA) is 58.4 Å². The third-order valence-corrected chi connectivity index (χ3v) is 5.97. The van der Waals surface area contributed by atoms with Gasteiger partial charge in [0.05, 0.1) is 16.4 Å². The van der Waals surface area contributed by atoms with E-state index in [1.165, 1.54) is 10.7 Å². The highest BCUT2D eigenvalue weighted by atomic mass is 35.5. The van der Waals surface area contributed by atoms with Crippen LogP contribution >= 0.6 is 11.6 Å². The number of benzene rings is 2. The number of carbonyl (C=O) groups is 1. The van der Waals surface area contributed by atoms with Crippen molar-refractivity contribution in [3.63, 3.8) is 0 Å². The molecule has 1 aromatic heterocycles. The van der Waals surface area contributed by atoms with E-state index in [4.69, 9.17) is 11.6 Å². The molecule has 2 heterocycles. The van der Waals surface area contributed by atoms with Gasteiger partial charge in [0.1, 0.15) is 6.54 Å². The summed E-state index contributed by atoms with van der Waals surface area (Å²) in [6.07, 6.45) is 0. The molecule has 4 rings (SSSR count). The Morgan fingerprint density at radius 2 is 1.74 bits per heavy atom. The van der Waals surface area contributed by atoms with Gasteiger partial charge in [-0.05, 0) is 43.7 Å². The first-order valence-electron chi connectivity index (χ1n) is 10.4. The van der Waals surface area contributed by atoms with Crippen LogP contribution in [0.25, 0.3) is 11.3 Å². The van der Waals surface area contributed by atoms with Gasteiger partial charge >= 0.3 is 0 Å². The van der Waals surface area contributed by atoms with Crippen LogP contribution in [0, 0.1) is 13.8 Å². The van der Waals surface area contributed by atoms with Crippen LogP contribution in [0.3, 0.4) is 0 Å². The van der Waals surface area contributed by atoms with Crippen molar-refractivity contribution >= 4 is 23.2 Å². The second-order valence-electron chi connectivity index (χ2n) is 7.85. The van der Waals surface area contributed by atoms with Crippen LogP contribution in [-0.4, -0.2) is 46.8 Å². The van der Waals surface area contributed by atoms with Crippen molar-refractivity contribution in [2.24, 2.45) is 0 Å². The molecule has 1 saturated heterocycles. The summed E-state index contributed by atoms with van der Waals surface area (Å²) >= 11 is 6.30. The van der Waals surface area contributed by atoms with Crippen molar-refractivity contribution in [2.45, 2.75) is 20.4 Å². The molecule has 1 aliphatic heterocycles. The van der Waals surface area contributed by atoms with E-state index in [2.05, 4.69) is 10.00 Å². The van der Waals surface area contributed by atoms with Gasteiger partial charge in [0.15, 0.2) is 0 Å². The van der Waals surface area contributed by atoms with Crippen LogP contribution in [-0.2, 0) is 11.3 Å². The van der Waals surface area contributed by atoms with Gasteiger partial charge in [-0.3, -0.25) is 9.59 Å². The Bertz CT molecular complexity index is 1170. The quantitative estimate of drug-likeness (QED) is 0.627. The zero-order chi connectivity index (χ0) is 22.0. The van der Waals surface area contributed by atoms with Crippen LogP contribution < -0.4 is 10.5 Å². The lowest BCUT2D eigenvalue weighted by Crippen LogP contribution is -2.50. The highest BCUT2D eigenvalue weighted by Gasteiger charge is 2.23. The third kappa shape index (κ3) is 4.64. The Balaban J connectivity index is 1.46. The normalized spacial score (nSPS) is 14.0. The van der Waals surface area contributed by atoms with E-state index >= 15 is 0 Å². The standard InChI is InChI=1S/C24H25ClN4O2/c1-17-7-8-18(2)19(15-17)21-9-10-23(30)29(26-21)16-24(31)28-13-11-27(12-14-28)22-6-4-3-5-20(22)25/h3-10,15H,11-14,16H2,1-2H3. The van der Waals surface area contributed by atoms with Crippen LogP contribution in [0.2, 0.25) is 5.02 Å². The lowest BCUT2D eigenvalue weighted by atomic mass is 10.0. The number of nitrogens with zero attached hydrogens (tertiary/aromatic N) is 4. The third-order valence-electron chi connectivity index (χ3n) is 5.65. The van der Waals surface area contributed by atoms with E-state index in [1.807, 2.05) is 56.3 Å². The summed E-state index contributed by atoms with van der Waals surface area (Å²) in [5.41, 5.74) is 4.55. The number of hydrogen-bond acceptors (Lipinski definition) is 4. The molecule has 0 N–H and O–H groups in total. The van der Waals surface area contributed by atoms with Crippen molar-refractivity contribution < 1.29 is 4.79 Å². The van der Waals surface area contributed by atoms with E-state index in [0.717, 1.165) is 22.4 Å². The fourth-order valence-corrected chi connectivity index (χ4v) is 4.11. The summed E-state index contributed by atoms with van der Waals surface area (Å²) in [5, 5.41) is 5.19. The number of hydrogen-bond donors (Lipinski definition) is 0. The second-order valence-corrected chi connectivity index (χ2v) is 8.26. The van der Waals surface area contributed by atoms with E-state index in [9.17, 15) is 9.59 Å². The monoisotopic (exact) mass is 436 g/mol. The molecular weight excluding hydrogens is 412 g/mol. The summed E-state index contributed by atoms with van der Waals surface area (Å²) < 4.78 is 1.26. The maximum Gasteiger partial charge on any atom is 0.267 e. The van der Waals surface area contributed by atoms with Crippen molar-refractivity contribution in [3.05, 3.63) is 81.1 Å². The molecule has 160 valence electrons. The Morgan fingerprint density at radius 1 is 1.00 bits per heavy atom. The summed E-state index contributed by atoms with van der Waals surface area (Å²) in [6, 6.07) is 17.0. The van der Waals surface area contributed by atoms with Gasteiger partial charge in [-0.15, -0.1) is 0 Å². The number of anilines is 1. The molecule has 0 bridgehead atoms. The zero-order valence-corrected chi connectivity index (χ0v) is 18.5. The number of piperazine rings is 1. The molecule has 6 nitrogen and oxygen atoms in total. The van der Waals surface area contributed by atoms with Gasteiger partial charge in [0.25, 0.3) is 5.56 Å². The number of aromatic nitrogens is 2. The number of amides is 1. The Kier molecular flexibility index (Phi) is 6.09. The smallest absolute Gasteiger partial charge is 0.267 e. The van der Waals surface area contributed by atoms with Crippen molar-refractivity contribution in [1.29, 1.82) is 0 Å². The van der Waals surface area contributed by atoms with Crippen molar-refractivity contribution in [2.75, 3.05) is 31.1 Å². The predicted molar refractivity (Wildman–Crippen MR) is 124 cm³/mol. The highest BCUT2D eigenvalue weighted by Crippen LogP contribution is 2.26. The Morgan fingerprint density at radius 3 is 2.48 bits per heavy atom. The van der Waals surface area contributed by atoms with Gasteiger partial charge in [0.2, 0.25) is 5.91 Å². The van der Waals surface area contributed by atoms with Crippen LogP contribution in [0.1, 0.15) is 11.1 Å². The molecule has 0 aliphatic carbocycles. The molecule has 1 aliphatic rings. The first-order chi connectivity index (χ1) is 14.9. The first-order valence-corrected chi connectivity index (χ1v) is 10.7. The van der Waals surface area contributed by atoms with E-state index in [0.29, 0.717) is 36.9 Å². The lowest BCUT2D eigenvalue weighted by molar-refractivity contribution is -0.132. The lowest BCUT2D eigenvalue weighted by Gasteiger charge is -2.36. The average molecular weight is 437 g/mol. The number of halogens is 1. The van der Waals surface area contributed by atoms with E-state index in [-0.39, 0.29) is 18.0 Å². The van der Waals surface area contributed by atoms with Crippen LogP contribution in [0.5, 0.6) is 0 Å². The molecule has 7 heteroatoms.